The van der Waals surface area contributed by atoms with Crippen molar-refractivity contribution < 1.29 is 13.3 Å². The fraction of sp³-hybridized carbons (Fsp3) is 0.143. The number of hydrogen-bond acceptors (Lipinski definition) is 3. The van der Waals surface area contributed by atoms with Crippen LogP contribution in [0.4, 0.5) is 10.1 Å². The largest absolute Gasteiger partial charge is 0.495 e. The van der Waals surface area contributed by atoms with Crippen LogP contribution < -0.4 is 10.5 Å². The Balaban J connectivity index is 2.31. The first kappa shape index (κ1) is 14.8. The number of halogens is 2. The Morgan fingerprint density at radius 3 is 2.80 bits per heavy atom. The number of anilines is 1. The number of methoxy groups -OCH3 is 1. The maximum Gasteiger partial charge on any atom is 0.145 e. The van der Waals surface area contributed by atoms with Gasteiger partial charge in [-0.05, 0) is 18.2 Å². The first-order valence-corrected chi connectivity index (χ1v) is 7.47. The summed E-state index contributed by atoms with van der Waals surface area (Å²) in [6, 6.07) is 9.46. The number of benzene rings is 2. The molecule has 106 valence electrons. The van der Waals surface area contributed by atoms with E-state index in [1.165, 1.54) is 13.2 Å². The number of ether oxygens (including phenoxy) is 1. The van der Waals surface area contributed by atoms with Crippen LogP contribution in [0.1, 0.15) is 5.56 Å². The van der Waals surface area contributed by atoms with Gasteiger partial charge in [0.25, 0.3) is 0 Å². The average Bonchev–Trinajstić information content (AvgIpc) is 2.43. The minimum atomic E-state index is -1.45. The summed E-state index contributed by atoms with van der Waals surface area (Å²) < 4.78 is 31.3. The molecule has 0 aliphatic rings. The van der Waals surface area contributed by atoms with Crippen molar-refractivity contribution in [2.45, 2.75) is 10.6 Å². The third-order valence-corrected chi connectivity index (χ3v) is 4.44. The zero-order valence-electron chi connectivity index (χ0n) is 10.7. The molecule has 0 aliphatic heterocycles. The van der Waals surface area contributed by atoms with Gasteiger partial charge in [0.2, 0.25) is 0 Å². The molecule has 0 amide bonds. The Morgan fingerprint density at radius 1 is 1.35 bits per heavy atom. The maximum atomic E-state index is 13.8. The molecule has 0 heterocycles. The molecule has 3 nitrogen and oxygen atoms in total. The van der Waals surface area contributed by atoms with Gasteiger partial charge in [0.15, 0.2) is 0 Å². The lowest BCUT2D eigenvalue weighted by Gasteiger charge is -2.10. The van der Waals surface area contributed by atoms with Gasteiger partial charge in [0, 0.05) is 17.3 Å². The maximum absolute atomic E-state index is 13.8. The fourth-order valence-corrected chi connectivity index (χ4v) is 3.19. The van der Waals surface area contributed by atoms with Crippen LogP contribution in [0.15, 0.2) is 41.3 Å². The average molecular weight is 314 g/mol. The Kier molecular flexibility index (Phi) is 4.62. The van der Waals surface area contributed by atoms with Gasteiger partial charge in [-0.1, -0.05) is 23.7 Å². The van der Waals surface area contributed by atoms with E-state index in [9.17, 15) is 8.60 Å². The Bertz CT molecular complexity index is 664. The molecular weight excluding hydrogens is 301 g/mol. The lowest BCUT2D eigenvalue weighted by Crippen LogP contribution is -2.02. The summed E-state index contributed by atoms with van der Waals surface area (Å²) in [5, 5.41) is 0.0174. The van der Waals surface area contributed by atoms with E-state index in [0.717, 1.165) is 0 Å². The summed E-state index contributed by atoms with van der Waals surface area (Å²) in [4.78, 5) is 0.473. The van der Waals surface area contributed by atoms with E-state index >= 15 is 0 Å². The van der Waals surface area contributed by atoms with E-state index in [2.05, 4.69) is 0 Å². The van der Waals surface area contributed by atoms with E-state index in [-0.39, 0.29) is 10.8 Å². The molecule has 0 saturated heterocycles. The predicted octanol–water partition coefficient (Wildman–Crippen LogP) is 3.38. The number of hydrogen-bond donors (Lipinski definition) is 1. The van der Waals surface area contributed by atoms with Gasteiger partial charge < -0.3 is 10.5 Å². The van der Waals surface area contributed by atoms with Crippen molar-refractivity contribution in [2.75, 3.05) is 12.8 Å². The van der Waals surface area contributed by atoms with Crippen molar-refractivity contribution in [3.05, 3.63) is 52.8 Å². The standard InChI is InChI=1S/C14H13ClFNO2S/c1-19-12-7-10(17)5-6-13(12)20(18)8-9-3-2-4-11(15)14(9)16/h2-7H,8,17H2,1H3. The molecule has 0 bridgehead atoms. The zero-order chi connectivity index (χ0) is 14.7. The first-order chi connectivity index (χ1) is 9.52. The van der Waals surface area contributed by atoms with Gasteiger partial charge in [-0.3, -0.25) is 4.21 Å². The van der Waals surface area contributed by atoms with Gasteiger partial charge in [-0.2, -0.15) is 0 Å². The van der Waals surface area contributed by atoms with E-state index in [1.54, 1.807) is 30.3 Å². The topological polar surface area (TPSA) is 52.3 Å². The second-order valence-corrected chi connectivity index (χ2v) is 5.94. The predicted molar refractivity (Wildman–Crippen MR) is 78.9 cm³/mol. The molecule has 0 spiro atoms. The summed E-state index contributed by atoms with van der Waals surface area (Å²) in [6.45, 7) is 0. The monoisotopic (exact) mass is 313 g/mol. The zero-order valence-corrected chi connectivity index (χ0v) is 12.3. The van der Waals surface area contributed by atoms with Crippen LogP contribution in [-0.2, 0) is 16.6 Å². The van der Waals surface area contributed by atoms with Crippen LogP contribution >= 0.6 is 11.6 Å². The van der Waals surface area contributed by atoms with Gasteiger partial charge in [0.1, 0.15) is 11.6 Å². The summed E-state index contributed by atoms with van der Waals surface area (Å²) in [7, 11) is 0.0159. The molecule has 0 aliphatic carbocycles. The smallest absolute Gasteiger partial charge is 0.145 e. The third-order valence-electron chi connectivity index (χ3n) is 2.75. The third kappa shape index (κ3) is 3.11. The quantitative estimate of drug-likeness (QED) is 0.880. The molecule has 0 aromatic heterocycles. The SMILES string of the molecule is COc1cc(N)ccc1S(=O)Cc1cccc(Cl)c1F. The van der Waals surface area contributed by atoms with Crippen LogP contribution in [0.3, 0.4) is 0 Å². The van der Waals surface area contributed by atoms with E-state index in [1.807, 2.05) is 0 Å². The molecule has 0 radical (unpaired) electrons. The Hall–Kier alpha value is -1.59. The second-order valence-electron chi connectivity index (χ2n) is 4.11. The summed E-state index contributed by atoms with van der Waals surface area (Å²) in [5.74, 6) is -0.102. The summed E-state index contributed by atoms with van der Waals surface area (Å²) in [5.41, 5.74) is 6.45. The number of nitrogens with two attached hydrogens (primary N) is 1. The molecule has 2 aromatic rings. The van der Waals surface area contributed by atoms with Gasteiger partial charge in [0.05, 0.1) is 33.6 Å². The van der Waals surface area contributed by atoms with Gasteiger partial charge in [-0.25, -0.2) is 4.39 Å². The molecule has 1 unspecified atom stereocenters. The van der Waals surface area contributed by atoms with Crippen molar-refractivity contribution in [1.82, 2.24) is 0 Å². The lowest BCUT2D eigenvalue weighted by atomic mass is 10.2. The first-order valence-electron chi connectivity index (χ1n) is 5.77. The highest BCUT2D eigenvalue weighted by molar-refractivity contribution is 7.84. The van der Waals surface area contributed by atoms with Crippen molar-refractivity contribution in [3.8, 4) is 5.75 Å². The number of rotatable bonds is 4. The molecule has 2 N–H and O–H groups in total. The van der Waals surface area contributed by atoms with Crippen LogP contribution in [0.2, 0.25) is 5.02 Å². The van der Waals surface area contributed by atoms with Crippen LogP contribution in [0, 0.1) is 5.82 Å². The minimum Gasteiger partial charge on any atom is -0.495 e. The van der Waals surface area contributed by atoms with Crippen molar-refractivity contribution in [1.29, 1.82) is 0 Å². The summed E-state index contributed by atoms with van der Waals surface area (Å²) >= 11 is 5.71. The minimum absolute atomic E-state index is 0.0174. The highest BCUT2D eigenvalue weighted by Crippen LogP contribution is 2.27. The normalized spacial score (nSPS) is 12.2. The van der Waals surface area contributed by atoms with Gasteiger partial charge >= 0.3 is 0 Å². The molecule has 20 heavy (non-hydrogen) atoms. The highest BCUT2D eigenvalue weighted by Gasteiger charge is 2.15. The molecule has 1 atom stereocenters. The molecule has 6 heteroatoms. The van der Waals surface area contributed by atoms with E-state index < -0.39 is 16.6 Å². The molecule has 2 aromatic carbocycles. The lowest BCUT2D eigenvalue weighted by molar-refractivity contribution is 0.404. The molecule has 0 fully saturated rings. The second kappa shape index (κ2) is 6.24. The fourth-order valence-electron chi connectivity index (χ4n) is 1.75. The van der Waals surface area contributed by atoms with Crippen molar-refractivity contribution in [3.63, 3.8) is 0 Å². The molecule has 2 rings (SSSR count). The van der Waals surface area contributed by atoms with Crippen molar-refractivity contribution in [2.24, 2.45) is 0 Å². The Morgan fingerprint density at radius 2 is 2.10 bits per heavy atom. The Labute approximate surface area is 124 Å². The number of nitrogen functional groups attached to an aromatic ring is 1. The van der Waals surface area contributed by atoms with E-state index in [4.69, 9.17) is 22.1 Å². The molecule has 0 saturated carbocycles. The summed E-state index contributed by atoms with van der Waals surface area (Å²) in [6.07, 6.45) is 0. The van der Waals surface area contributed by atoms with Gasteiger partial charge in [-0.15, -0.1) is 0 Å². The van der Waals surface area contributed by atoms with Crippen LogP contribution in [0.25, 0.3) is 0 Å². The highest BCUT2D eigenvalue weighted by atomic mass is 35.5. The molecular formula is C14H13ClFNO2S. The van der Waals surface area contributed by atoms with Crippen LogP contribution in [0.5, 0.6) is 5.75 Å². The van der Waals surface area contributed by atoms with E-state index in [0.29, 0.717) is 21.9 Å². The van der Waals surface area contributed by atoms with Crippen molar-refractivity contribution >= 4 is 28.1 Å². The van der Waals surface area contributed by atoms with Crippen LogP contribution in [-0.4, -0.2) is 11.3 Å².